The minimum absolute atomic E-state index is 0.133. The molecule has 2 aromatic rings. The molecule has 0 aliphatic heterocycles. The van der Waals surface area contributed by atoms with Gasteiger partial charge in [0, 0.05) is 12.3 Å². The number of rotatable bonds is 4. The monoisotopic (exact) mass is 328 g/mol. The van der Waals surface area contributed by atoms with E-state index in [0.717, 1.165) is 5.75 Å². The van der Waals surface area contributed by atoms with E-state index < -0.39 is 0 Å². The van der Waals surface area contributed by atoms with Crippen molar-refractivity contribution in [2.24, 2.45) is 0 Å². The number of hydrogen-bond acceptors (Lipinski definition) is 4. The minimum Gasteiger partial charge on any atom is -0.494 e. The first kappa shape index (κ1) is 13.1. The molecular formula is C12H10BrClN2O2. The lowest BCUT2D eigenvalue weighted by molar-refractivity contribution is 0.338. The second-order valence-electron chi connectivity index (χ2n) is 3.30. The van der Waals surface area contributed by atoms with Crippen LogP contribution in [0.3, 0.4) is 0 Å². The SMILES string of the molecule is CCOc1cccc(Oc2nc(Cl)ncc2Br)c1. The molecule has 0 N–H and O–H groups in total. The van der Waals surface area contributed by atoms with Gasteiger partial charge in [-0.3, -0.25) is 0 Å². The topological polar surface area (TPSA) is 44.2 Å². The zero-order valence-corrected chi connectivity index (χ0v) is 11.9. The Balaban J connectivity index is 2.22. The minimum atomic E-state index is 0.133. The Kier molecular flexibility index (Phi) is 4.38. The standard InChI is InChI=1S/C12H10BrClN2O2/c1-2-17-8-4-3-5-9(6-8)18-11-10(13)7-15-12(14)16-11/h3-7H,2H2,1H3. The van der Waals surface area contributed by atoms with E-state index in [-0.39, 0.29) is 5.28 Å². The Labute approximate surface area is 118 Å². The molecule has 0 spiro atoms. The van der Waals surface area contributed by atoms with Gasteiger partial charge in [0.15, 0.2) is 0 Å². The van der Waals surface area contributed by atoms with E-state index in [1.807, 2.05) is 25.1 Å². The molecular weight excluding hydrogens is 320 g/mol. The molecule has 1 aromatic carbocycles. The summed E-state index contributed by atoms with van der Waals surface area (Å²) in [5.41, 5.74) is 0. The molecule has 1 aromatic heterocycles. The van der Waals surface area contributed by atoms with Crippen molar-refractivity contribution in [2.45, 2.75) is 6.92 Å². The van der Waals surface area contributed by atoms with E-state index in [1.54, 1.807) is 6.07 Å². The van der Waals surface area contributed by atoms with Crippen LogP contribution in [-0.2, 0) is 0 Å². The maximum absolute atomic E-state index is 5.72. The molecule has 0 aliphatic rings. The zero-order valence-electron chi connectivity index (χ0n) is 9.56. The van der Waals surface area contributed by atoms with Crippen LogP contribution in [-0.4, -0.2) is 16.6 Å². The highest BCUT2D eigenvalue weighted by molar-refractivity contribution is 9.10. The summed E-state index contributed by atoms with van der Waals surface area (Å²) < 4.78 is 11.6. The van der Waals surface area contributed by atoms with Gasteiger partial charge in [0.25, 0.3) is 0 Å². The molecule has 0 radical (unpaired) electrons. The number of nitrogens with zero attached hydrogens (tertiary/aromatic N) is 2. The third-order valence-corrected chi connectivity index (χ3v) is 2.74. The first-order chi connectivity index (χ1) is 8.69. The maximum atomic E-state index is 5.72. The van der Waals surface area contributed by atoms with Gasteiger partial charge in [-0.1, -0.05) is 6.07 Å². The van der Waals surface area contributed by atoms with Gasteiger partial charge < -0.3 is 9.47 Å². The Morgan fingerprint density at radius 2 is 2.11 bits per heavy atom. The molecule has 0 amide bonds. The average Bonchev–Trinajstić information content (AvgIpc) is 2.35. The van der Waals surface area contributed by atoms with Crippen molar-refractivity contribution >= 4 is 27.5 Å². The first-order valence-electron chi connectivity index (χ1n) is 5.28. The van der Waals surface area contributed by atoms with Crippen molar-refractivity contribution in [3.8, 4) is 17.4 Å². The fraction of sp³-hybridized carbons (Fsp3) is 0.167. The van der Waals surface area contributed by atoms with Gasteiger partial charge in [-0.15, -0.1) is 0 Å². The van der Waals surface area contributed by atoms with E-state index in [9.17, 15) is 0 Å². The molecule has 1 heterocycles. The molecule has 94 valence electrons. The summed E-state index contributed by atoms with van der Waals surface area (Å²) in [5.74, 6) is 1.73. The van der Waals surface area contributed by atoms with Crippen molar-refractivity contribution in [1.29, 1.82) is 0 Å². The molecule has 0 bridgehead atoms. The summed E-state index contributed by atoms with van der Waals surface area (Å²) in [6.45, 7) is 2.53. The van der Waals surface area contributed by atoms with E-state index in [2.05, 4.69) is 25.9 Å². The van der Waals surface area contributed by atoms with Crippen LogP contribution in [0.1, 0.15) is 6.92 Å². The Morgan fingerprint density at radius 3 is 2.89 bits per heavy atom. The molecule has 0 saturated carbocycles. The van der Waals surface area contributed by atoms with Crippen LogP contribution < -0.4 is 9.47 Å². The number of hydrogen-bond donors (Lipinski definition) is 0. The van der Waals surface area contributed by atoms with Crippen LogP contribution in [0.15, 0.2) is 34.9 Å². The highest BCUT2D eigenvalue weighted by Gasteiger charge is 2.07. The molecule has 2 rings (SSSR count). The molecule has 4 nitrogen and oxygen atoms in total. The van der Waals surface area contributed by atoms with E-state index in [0.29, 0.717) is 22.7 Å². The van der Waals surface area contributed by atoms with Gasteiger partial charge in [-0.2, -0.15) is 4.98 Å². The lowest BCUT2D eigenvalue weighted by atomic mass is 10.3. The van der Waals surface area contributed by atoms with Crippen LogP contribution in [0.4, 0.5) is 0 Å². The number of aromatic nitrogens is 2. The van der Waals surface area contributed by atoms with Crippen LogP contribution in [0, 0.1) is 0 Å². The first-order valence-corrected chi connectivity index (χ1v) is 6.45. The number of halogens is 2. The van der Waals surface area contributed by atoms with Crippen LogP contribution in [0.2, 0.25) is 5.28 Å². The van der Waals surface area contributed by atoms with Crippen molar-refractivity contribution < 1.29 is 9.47 Å². The fourth-order valence-electron chi connectivity index (χ4n) is 1.31. The van der Waals surface area contributed by atoms with Crippen molar-refractivity contribution in [2.75, 3.05) is 6.61 Å². The fourth-order valence-corrected chi connectivity index (χ4v) is 1.71. The molecule has 0 aliphatic carbocycles. The third kappa shape index (κ3) is 3.34. The van der Waals surface area contributed by atoms with Crippen LogP contribution in [0.25, 0.3) is 0 Å². The lowest BCUT2D eigenvalue weighted by Gasteiger charge is -2.08. The van der Waals surface area contributed by atoms with Crippen molar-refractivity contribution in [3.05, 3.63) is 40.2 Å². The summed E-state index contributed by atoms with van der Waals surface area (Å²) in [5, 5.41) is 0.133. The van der Waals surface area contributed by atoms with E-state index in [4.69, 9.17) is 21.1 Å². The smallest absolute Gasteiger partial charge is 0.237 e. The van der Waals surface area contributed by atoms with Crippen molar-refractivity contribution in [3.63, 3.8) is 0 Å². The van der Waals surface area contributed by atoms with Gasteiger partial charge in [0.1, 0.15) is 11.5 Å². The second-order valence-corrected chi connectivity index (χ2v) is 4.49. The molecule has 0 atom stereocenters. The molecule has 0 fully saturated rings. The molecule has 6 heteroatoms. The summed E-state index contributed by atoms with van der Waals surface area (Å²) in [6.07, 6.45) is 1.54. The largest absolute Gasteiger partial charge is 0.494 e. The van der Waals surface area contributed by atoms with Crippen molar-refractivity contribution in [1.82, 2.24) is 9.97 Å². The van der Waals surface area contributed by atoms with Crippen LogP contribution >= 0.6 is 27.5 Å². The summed E-state index contributed by atoms with van der Waals surface area (Å²) in [4.78, 5) is 7.82. The Bertz CT molecular complexity index is 551. The van der Waals surface area contributed by atoms with Gasteiger partial charge in [0.05, 0.1) is 11.1 Å². The quantitative estimate of drug-likeness (QED) is 0.793. The maximum Gasteiger partial charge on any atom is 0.237 e. The summed E-state index contributed by atoms with van der Waals surface area (Å²) >= 11 is 9.01. The molecule has 18 heavy (non-hydrogen) atoms. The Hall–Kier alpha value is -1.33. The predicted octanol–water partition coefficient (Wildman–Crippen LogP) is 4.08. The second kappa shape index (κ2) is 6.02. The van der Waals surface area contributed by atoms with Gasteiger partial charge in [0.2, 0.25) is 11.2 Å². The van der Waals surface area contributed by atoms with Crippen LogP contribution in [0.5, 0.6) is 17.4 Å². The zero-order chi connectivity index (χ0) is 13.0. The number of ether oxygens (including phenoxy) is 2. The normalized spacial score (nSPS) is 10.2. The third-order valence-electron chi connectivity index (χ3n) is 2.01. The van der Waals surface area contributed by atoms with Gasteiger partial charge in [-0.25, -0.2) is 4.98 Å². The highest BCUT2D eigenvalue weighted by Crippen LogP contribution is 2.29. The highest BCUT2D eigenvalue weighted by atomic mass is 79.9. The lowest BCUT2D eigenvalue weighted by Crippen LogP contribution is -1.94. The Morgan fingerprint density at radius 1 is 1.33 bits per heavy atom. The predicted molar refractivity (Wildman–Crippen MR) is 72.4 cm³/mol. The summed E-state index contributed by atoms with van der Waals surface area (Å²) in [6, 6.07) is 7.30. The molecule has 0 saturated heterocycles. The van der Waals surface area contributed by atoms with E-state index in [1.165, 1.54) is 6.20 Å². The summed E-state index contributed by atoms with van der Waals surface area (Å²) in [7, 11) is 0. The van der Waals surface area contributed by atoms with Gasteiger partial charge >= 0.3 is 0 Å². The average molecular weight is 330 g/mol. The van der Waals surface area contributed by atoms with E-state index >= 15 is 0 Å². The molecule has 0 unspecified atom stereocenters. The number of benzene rings is 1. The van der Waals surface area contributed by atoms with Gasteiger partial charge in [-0.05, 0) is 46.6 Å².